The molecule has 1 unspecified atom stereocenters. The van der Waals surface area contributed by atoms with E-state index in [0.717, 1.165) is 43.5 Å². The maximum Gasteiger partial charge on any atom is 0.191 e. The van der Waals surface area contributed by atoms with E-state index in [0.29, 0.717) is 6.61 Å². The number of nitrogens with zero attached hydrogens (tertiary/aromatic N) is 4. The third-order valence-corrected chi connectivity index (χ3v) is 4.45. The van der Waals surface area contributed by atoms with Gasteiger partial charge in [-0.3, -0.25) is 4.99 Å². The first-order valence-corrected chi connectivity index (χ1v) is 8.63. The molecule has 7 nitrogen and oxygen atoms in total. The van der Waals surface area contributed by atoms with Gasteiger partial charge in [-0.2, -0.15) is 5.10 Å². The van der Waals surface area contributed by atoms with Crippen LogP contribution in [0.4, 0.5) is 0 Å². The van der Waals surface area contributed by atoms with Crippen LogP contribution < -0.4 is 10.6 Å². The molecule has 142 valence electrons. The molecule has 0 saturated heterocycles. The standard InChI is InChI=1S/C18H26N6O.HI/c1-13-6-4-5-7-14(13)10-20-18(19-2)21-15-8-9-17-22-16(12-25-3)23-24(17)11-15;/h4-7,15H,8-12H2,1-3H3,(H2,19,20,21);1H. The first-order chi connectivity index (χ1) is 12.2. The summed E-state index contributed by atoms with van der Waals surface area (Å²) < 4.78 is 7.09. The van der Waals surface area contributed by atoms with Crippen molar-refractivity contribution in [3.8, 4) is 0 Å². The Morgan fingerprint density at radius 2 is 2.19 bits per heavy atom. The quantitative estimate of drug-likeness (QED) is 0.398. The van der Waals surface area contributed by atoms with Gasteiger partial charge in [0.25, 0.3) is 0 Å². The Hall–Kier alpha value is -1.68. The van der Waals surface area contributed by atoms with Crippen molar-refractivity contribution in [1.82, 2.24) is 25.4 Å². The minimum Gasteiger partial charge on any atom is -0.377 e. The lowest BCUT2D eigenvalue weighted by atomic mass is 10.1. The van der Waals surface area contributed by atoms with Crippen LogP contribution in [-0.2, 0) is 30.9 Å². The molecule has 1 aromatic heterocycles. The lowest BCUT2D eigenvalue weighted by Gasteiger charge is -2.25. The molecule has 0 spiro atoms. The molecule has 2 aromatic rings. The third kappa shape index (κ3) is 5.16. The number of aryl methyl sites for hydroxylation is 2. The van der Waals surface area contributed by atoms with Crippen LogP contribution in [0.2, 0.25) is 0 Å². The number of ether oxygens (including phenoxy) is 1. The summed E-state index contributed by atoms with van der Waals surface area (Å²) in [6, 6.07) is 8.66. The second-order valence-corrected chi connectivity index (χ2v) is 6.29. The second-order valence-electron chi connectivity index (χ2n) is 6.29. The van der Waals surface area contributed by atoms with Gasteiger partial charge in [-0.25, -0.2) is 9.67 Å². The number of hydrogen-bond acceptors (Lipinski definition) is 4. The topological polar surface area (TPSA) is 76.4 Å². The molecule has 0 amide bonds. The van der Waals surface area contributed by atoms with Gasteiger partial charge < -0.3 is 15.4 Å². The van der Waals surface area contributed by atoms with E-state index in [1.54, 1.807) is 14.2 Å². The highest BCUT2D eigenvalue weighted by Crippen LogP contribution is 2.13. The molecule has 0 radical (unpaired) electrons. The van der Waals surface area contributed by atoms with E-state index < -0.39 is 0 Å². The Morgan fingerprint density at radius 3 is 2.92 bits per heavy atom. The van der Waals surface area contributed by atoms with Crippen LogP contribution in [0.3, 0.4) is 0 Å². The normalized spacial score (nSPS) is 16.6. The molecule has 0 saturated carbocycles. The highest BCUT2D eigenvalue weighted by Gasteiger charge is 2.22. The molecular weight excluding hydrogens is 443 g/mol. The molecule has 1 aliphatic heterocycles. The van der Waals surface area contributed by atoms with Crippen LogP contribution >= 0.6 is 24.0 Å². The fraction of sp³-hybridized carbons (Fsp3) is 0.500. The minimum absolute atomic E-state index is 0. The summed E-state index contributed by atoms with van der Waals surface area (Å²) in [6.07, 6.45) is 1.92. The minimum atomic E-state index is 0. The fourth-order valence-corrected chi connectivity index (χ4v) is 3.04. The number of halogens is 1. The zero-order chi connectivity index (χ0) is 17.6. The first-order valence-electron chi connectivity index (χ1n) is 8.63. The van der Waals surface area contributed by atoms with Crippen LogP contribution in [-0.4, -0.2) is 40.9 Å². The summed E-state index contributed by atoms with van der Waals surface area (Å²) >= 11 is 0. The number of nitrogens with one attached hydrogen (secondary N) is 2. The zero-order valence-corrected chi connectivity index (χ0v) is 17.9. The fourth-order valence-electron chi connectivity index (χ4n) is 3.04. The van der Waals surface area contributed by atoms with Crippen molar-refractivity contribution < 1.29 is 4.74 Å². The number of rotatable bonds is 5. The van der Waals surface area contributed by atoms with Crippen molar-refractivity contribution in [2.24, 2.45) is 4.99 Å². The van der Waals surface area contributed by atoms with Gasteiger partial charge in [0.05, 0.1) is 6.54 Å². The largest absolute Gasteiger partial charge is 0.377 e. The van der Waals surface area contributed by atoms with Crippen LogP contribution in [0, 0.1) is 6.92 Å². The van der Waals surface area contributed by atoms with Crippen molar-refractivity contribution in [3.63, 3.8) is 0 Å². The van der Waals surface area contributed by atoms with Crippen LogP contribution in [0.25, 0.3) is 0 Å². The summed E-state index contributed by atoms with van der Waals surface area (Å²) in [5.41, 5.74) is 2.55. The average Bonchev–Trinajstić information content (AvgIpc) is 3.01. The Morgan fingerprint density at radius 1 is 1.38 bits per heavy atom. The van der Waals surface area contributed by atoms with E-state index >= 15 is 0 Å². The van der Waals surface area contributed by atoms with E-state index in [1.807, 2.05) is 4.68 Å². The lowest BCUT2D eigenvalue weighted by molar-refractivity contribution is 0.177. The number of fused-ring (bicyclic) bond motifs is 1. The number of benzene rings is 1. The van der Waals surface area contributed by atoms with Gasteiger partial charge in [0.15, 0.2) is 11.8 Å². The second kappa shape index (κ2) is 9.86. The van der Waals surface area contributed by atoms with Crippen molar-refractivity contribution >= 4 is 29.9 Å². The van der Waals surface area contributed by atoms with Crippen LogP contribution in [0.15, 0.2) is 29.3 Å². The number of guanidine groups is 1. The van der Waals surface area contributed by atoms with Gasteiger partial charge in [-0.15, -0.1) is 24.0 Å². The average molecular weight is 470 g/mol. The van der Waals surface area contributed by atoms with E-state index in [9.17, 15) is 0 Å². The number of hydrogen-bond donors (Lipinski definition) is 2. The molecule has 26 heavy (non-hydrogen) atoms. The number of aromatic nitrogens is 3. The lowest BCUT2D eigenvalue weighted by Crippen LogP contribution is -2.46. The van der Waals surface area contributed by atoms with Crippen LogP contribution in [0.5, 0.6) is 0 Å². The third-order valence-electron chi connectivity index (χ3n) is 4.45. The zero-order valence-electron chi connectivity index (χ0n) is 15.5. The smallest absolute Gasteiger partial charge is 0.191 e. The summed E-state index contributed by atoms with van der Waals surface area (Å²) in [5, 5.41) is 11.4. The first kappa shape index (κ1) is 20.6. The molecule has 2 heterocycles. The predicted octanol–water partition coefficient (Wildman–Crippen LogP) is 2.03. The predicted molar refractivity (Wildman–Crippen MR) is 113 cm³/mol. The van der Waals surface area contributed by atoms with Gasteiger partial charge in [0.2, 0.25) is 0 Å². The van der Waals surface area contributed by atoms with Gasteiger partial charge in [0, 0.05) is 33.2 Å². The number of aliphatic imine (C=N–C) groups is 1. The molecule has 8 heteroatoms. The Kier molecular flexibility index (Phi) is 7.83. The molecule has 0 fully saturated rings. The van der Waals surface area contributed by atoms with Crippen molar-refractivity contribution in [3.05, 3.63) is 47.0 Å². The Labute approximate surface area is 171 Å². The summed E-state index contributed by atoms with van der Waals surface area (Å²) in [7, 11) is 3.46. The molecule has 3 rings (SSSR count). The molecular formula is C18H27IN6O. The molecule has 2 N–H and O–H groups in total. The molecule has 1 aliphatic rings. The highest BCUT2D eigenvalue weighted by atomic mass is 127. The maximum absolute atomic E-state index is 5.11. The Balaban J connectivity index is 0.00000243. The molecule has 1 aromatic carbocycles. The molecule has 0 aliphatic carbocycles. The van der Waals surface area contributed by atoms with Gasteiger partial charge in [-0.05, 0) is 24.5 Å². The summed E-state index contributed by atoms with van der Waals surface area (Å²) in [6.45, 7) is 4.12. The monoisotopic (exact) mass is 470 g/mol. The van der Waals surface area contributed by atoms with Crippen molar-refractivity contribution in [2.75, 3.05) is 14.2 Å². The number of methoxy groups -OCH3 is 1. The van der Waals surface area contributed by atoms with E-state index in [2.05, 4.69) is 56.9 Å². The summed E-state index contributed by atoms with van der Waals surface area (Å²) in [5.74, 6) is 2.60. The van der Waals surface area contributed by atoms with Crippen molar-refractivity contribution in [2.45, 2.75) is 45.5 Å². The van der Waals surface area contributed by atoms with E-state index in [-0.39, 0.29) is 30.0 Å². The highest BCUT2D eigenvalue weighted by molar-refractivity contribution is 14.0. The molecule has 0 bridgehead atoms. The van der Waals surface area contributed by atoms with Gasteiger partial charge in [-0.1, -0.05) is 24.3 Å². The molecule has 1 atom stereocenters. The van der Waals surface area contributed by atoms with Gasteiger partial charge in [0.1, 0.15) is 12.4 Å². The Bertz CT molecular complexity index is 745. The van der Waals surface area contributed by atoms with Crippen molar-refractivity contribution in [1.29, 1.82) is 0 Å². The van der Waals surface area contributed by atoms with E-state index in [1.165, 1.54) is 11.1 Å². The van der Waals surface area contributed by atoms with E-state index in [4.69, 9.17) is 4.74 Å². The van der Waals surface area contributed by atoms with Crippen LogP contribution in [0.1, 0.15) is 29.2 Å². The SMILES string of the molecule is CN=C(NCc1ccccc1C)NC1CCc2nc(COC)nn2C1.I. The summed E-state index contributed by atoms with van der Waals surface area (Å²) in [4.78, 5) is 8.86. The maximum atomic E-state index is 5.11. The van der Waals surface area contributed by atoms with Gasteiger partial charge >= 0.3 is 0 Å².